The highest BCUT2D eigenvalue weighted by atomic mass is 35.5. The van der Waals surface area contributed by atoms with Crippen LogP contribution in [0, 0.1) is 5.41 Å². The molecule has 0 saturated heterocycles. The van der Waals surface area contributed by atoms with Gasteiger partial charge in [-0.25, -0.2) is 4.79 Å². The van der Waals surface area contributed by atoms with Crippen LogP contribution in [-0.4, -0.2) is 18.2 Å². The summed E-state index contributed by atoms with van der Waals surface area (Å²) in [6, 6.07) is 19.0. The molecule has 6 N–H and O–H groups in total. The molecule has 0 fully saturated rings. The SMILES string of the molecule is CC1=C(C(=O)Nc2ccc(N)c(C=N)c2)C(c2ccc(-c3ccccc3Cl)cc2)NC(=O)N1. The largest absolute Gasteiger partial charge is 0.398 e. The van der Waals surface area contributed by atoms with Gasteiger partial charge in [-0.1, -0.05) is 54.1 Å². The zero-order valence-electron chi connectivity index (χ0n) is 17.8. The van der Waals surface area contributed by atoms with Gasteiger partial charge in [0.05, 0.1) is 11.6 Å². The Morgan fingerprint density at radius 2 is 1.85 bits per heavy atom. The molecule has 4 rings (SSSR count). The van der Waals surface area contributed by atoms with Crippen molar-refractivity contribution in [1.82, 2.24) is 10.6 Å². The average molecular weight is 460 g/mol. The fourth-order valence-corrected chi connectivity index (χ4v) is 4.02. The number of hydrogen-bond donors (Lipinski definition) is 5. The van der Waals surface area contributed by atoms with Crippen molar-refractivity contribution in [3.63, 3.8) is 0 Å². The molecule has 1 atom stereocenters. The van der Waals surface area contributed by atoms with Crippen LogP contribution in [0.5, 0.6) is 0 Å². The van der Waals surface area contributed by atoms with E-state index in [9.17, 15) is 9.59 Å². The molecule has 0 spiro atoms. The Kier molecular flexibility index (Phi) is 6.15. The lowest BCUT2D eigenvalue weighted by Gasteiger charge is -2.29. The molecule has 8 heteroatoms. The third-order valence-corrected chi connectivity index (χ3v) is 5.77. The maximum Gasteiger partial charge on any atom is 0.319 e. The third-order valence-electron chi connectivity index (χ3n) is 5.44. The quantitative estimate of drug-likeness (QED) is 0.277. The van der Waals surface area contributed by atoms with E-state index in [1.165, 1.54) is 0 Å². The number of nitrogens with two attached hydrogens (primary N) is 1. The predicted octanol–water partition coefficient (Wildman–Crippen LogP) is 4.85. The fraction of sp³-hybridized carbons (Fsp3) is 0.0800. The molecule has 1 heterocycles. The van der Waals surface area contributed by atoms with Gasteiger partial charge in [0.1, 0.15) is 0 Å². The standard InChI is InChI=1S/C25H22ClN5O2/c1-14-22(24(32)30-18-10-11-21(28)17(12-18)13-27)23(31-25(33)29-14)16-8-6-15(7-9-16)19-4-2-3-5-20(19)26/h2-13,23,27H,28H2,1H3,(H,30,32)(H2,29,31,33). The highest BCUT2D eigenvalue weighted by Gasteiger charge is 2.31. The number of urea groups is 1. The second kappa shape index (κ2) is 9.18. The molecule has 0 saturated carbocycles. The van der Waals surface area contributed by atoms with Gasteiger partial charge in [-0.3, -0.25) is 4.79 Å². The molecule has 33 heavy (non-hydrogen) atoms. The van der Waals surface area contributed by atoms with Crippen LogP contribution < -0.4 is 21.7 Å². The lowest BCUT2D eigenvalue weighted by molar-refractivity contribution is -0.113. The third kappa shape index (κ3) is 4.58. The van der Waals surface area contributed by atoms with Gasteiger partial charge in [0.15, 0.2) is 0 Å². The van der Waals surface area contributed by atoms with Gasteiger partial charge in [-0.15, -0.1) is 0 Å². The highest BCUT2D eigenvalue weighted by Crippen LogP contribution is 2.32. The Labute approximate surface area is 196 Å². The van der Waals surface area contributed by atoms with Gasteiger partial charge >= 0.3 is 6.03 Å². The molecule has 0 bridgehead atoms. The van der Waals surface area contributed by atoms with Crippen LogP contribution in [-0.2, 0) is 4.79 Å². The Hall–Kier alpha value is -4.10. The van der Waals surface area contributed by atoms with E-state index < -0.39 is 6.04 Å². The maximum absolute atomic E-state index is 13.2. The van der Waals surface area contributed by atoms with Crippen LogP contribution in [0.2, 0.25) is 5.02 Å². The van der Waals surface area contributed by atoms with Crippen molar-refractivity contribution >= 4 is 41.1 Å². The number of halogens is 1. The smallest absolute Gasteiger partial charge is 0.319 e. The van der Waals surface area contributed by atoms with E-state index >= 15 is 0 Å². The number of anilines is 2. The number of hydrogen-bond acceptors (Lipinski definition) is 4. The van der Waals surface area contributed by atoms with Gasteiger partial charge in [0.25, 0.3) is 5.91 Å². The first-order valence-electron chi connectivity index (χ1n) is 10.2. The first-order valence-corrected chi connectivity index (χ1v) is 10.6. The summed E-state index contributed by atoms with van der Waals surface area (Å²) in [5.74, 6) is -0.374. The van der Waals surface area contributed by atoms with E-state index in [0.29, 0.717) is 33.2 Å². The van der Waals surface area contributed by atoms with Crippen LogP contribution in [0.15, 0.2) is 78.0 Å². The van der Waals surface area contributed by atoms with Gasteiger partial charge in [-0.05, 0) is 42.3 Å². The Morgan fingerprint density at radius 3 is 2.55 bits per heavy atom. The summed E-state index contributed by atoms with van der Waals surface area (Å²) in [7, 11) is 0. The first kappa shape index (κ1) is 22.1. The van der Waals surface area contributed by atoms with E-state index in [1.54, 1.807) is 25.1 Å². The first-order chi connectivity index (χ1) is 15.9. The van der Waals surface area contributed by atoms with Crippen LogP contribution >= 0.6 is 11.6 Å². The molecule has 3 aromatic rings. The molecule has 3 amide bonds. The number of benzene rings is 3. The fourth-order valence-electron chi connectivity index (χ4n) is 3.77. The van der Waals surface area contributed by atoms with Crippen molar-refractivity contribution in [2.75, 3.05) is 11.1 Å². The number of rotatable bonds is 5. The highest BCUT2D eigenvalue weighted by molar-refractivity contribution is 6.33. The van der Waals surface area contributed by atoms with Gasteiger partial charge < -0.3 is 27.1 Å². The van der Waals surface area contributed by atoms with Crippen molar-refractivity contribution in [2.24, 2.45) is 0 Å². The lowest BCUT2D eigenvalue weighted by atomic mass is 9.93. The van der Waals surface area contributed by atoms with E-state index in [4.69, 9.17) is 22.7 Å². The number of amides is 3. The number of carbonyl (C=O) groups is 2. The lowest BCUT2D eigenvalue weighted by Crippen LogP contribution is -2.45. The molecule has 7 nitrogen and oxygen atoms in total. The zero-order chi connectivity index (χ0) is 23.5. The molecule has 0 radical (unpaired) electrons. The van der Waals surface area contributed by atoms with Crippen LogP contribution in [0.4, 0.5) is 16.2 Å². The molecule has 1 unspecified atom stereocenters. The Balaban J connectivity index is 1.65. The average Bonchev–Trinajstić information content (AvgIpc) is 2.80. The molecule has 3 aromatic carbocycles. The van der Waals surface area contributed by atoms with Crippen LogP contribution in [0.3, 0.4) is 0 Å². The second-order valence-electron chi connectivity index (χ2n) is 7.61. The number of nitrogen functional groups attached to an aromatic ring is 1. The van der Waals surface area contributed by atoms with Crippen LogP contribution in [0.1, 0.15) is 24.1 Å². The normalized spacial score (nSPS) is 15.5. The Bertz CT molecular complexity index is 1280. The molecular weight excluding hydrogens is 438 g/mol. The minimum Gasteiger partial charge on any atom is -0.398 e. The predicted molar refractivity (Wildman–Crippen MR) is 131 cm³/mol. The topological polar surface area (TPSA) is 120 Å². The Morgan fingerprint density at radius 1 is 1.12 bits per heavy atom. The maximum atomic E-state index is 13.2. The van der Waals surface area contributed by atoms with E-state index in [-0.39, 0.29) is 11.9 Å². The van der Waals surface area contributed by atoms with E-state index in [2.05, 4.69) is 16.0 Å². The summed E-state index contributed by atoms with van der Waals surface area (Å²) in [5.41, 5.74) is 10.7. The number of carbonyl (C=O) groups excluding carboxylic acids is 2. The minimum atomic E-state index is -0.643. The molecule has 0 aliphatic carbocycles. The summed E-state index contributed by atoms with van der Waals surface area (Å²) in [6.45, 7) is 1.69. The summed E-state index contributed by atoms with van der Waals surface area (Å²) in [4.78, 5) is 25.4. The van der Waals surface area contributed by atoms with Gasteiger partial charge in [0.2, 0.25) is 0 Å². The van der Waals surface area contributed by atoms with Crippen molar-refractivity contribution in [3.05, 3.63) is 94.1 Å². The summed E-state index contributed by atoms with van der Waals surface area (Å²) < 4.78 is 0. The summed E-state index contributed by atoms with van der Waals surface area (Å²) in [5, 5.41) is 16.4. The van der Waals surface area contributed by atoms with Crippen molar-refractivity contribution in [2.45, 2.75) is 13.0 Å². The molecule has 166 valence electrons. The van der Waals surface area contributed by atoms with Crippen molar-refractivity contribution < 1.29 is 9.59 Å². The molecule has 1 aliphatic heterocycles. The molecular formula is C25H22ClN5O2. The van der Waals surface area contributed by atoms with Crippen LogP contribution in [0.25, 0.3) is 11.1 Å². The number of nitrogens with one attached hydrogen (secondary N) is 4. The monoisotopic (exact) mass is 459 g/mol. The molecule has 1 aliphatic rings. The van der Waals surface area contributed by atoms with Crippen molar-refractivity contribution in [1.29, 1.82) is 5.41 Å². The van der Waals surface area contributed by atoms with E-state index in [0.717, 1.165) is 22.9 Å². The zero-order valence-corrected chi connectivity index (χ0v) is 18.5. The summed E-state index contributed by atoms with van der Waals surface area (Å²) in [6.07, 6.45) is 1.13. The molecule has 0 aromatic heterocycles. The van der Waals surface area contributed by atoms with E-state index in [1.807, 2.05) is 48.5 Å². The summed E-state index contributed by atoms with van der Waals surface area (Å²) >= 11 is 6.31. The minimum absolute atomic E-state index is 0.374. The second-order valence-corrected chi connectivity index (χ2v) is 8.02. The van der Waals surface area contributed by atoms with Gasteiger partial charge in [0, 0.05) is 39.4 Å². The van der Waals surface area contributed by atoms with Gasteiger partial charge in [-0.2, -0.15) is 0 Å². The van der Waals surface area contributed by atoms with Crippen molar-refractivity contribution in [3.8, 4) is 11.1 Å². The number of allylic oxidation sites excluding steroid dienone is 1.